The molecule has 0 radical (unpaired) electrons. The van der Waals surface area contributed by atoms with Crippen LogP contribution in [0.25, 0.3) is 0 Å². The minimum absolute atomic E-state index is 0.111. The van der Waals surface area contributed by atoms with Crippen LogP contribution in [0.4, 0.5) is 16.2 Å². The molecule has 2 aromatic rings. The van der Waals surface area contributed by atoms with E-state index in [1.54, 1.807) is 55.6 Å². The van der Waals surface area contributed by atoms with E-state index in [0.717, 1.165) is 11.3 Å². The van der Waals surface area contributed by atoms with Gasteiger partial charge in [0.15, 0.2) is 0 Å². The van der Waals surface area contributed by atoms with Crippen molar-refractivity contribution in [2.45, 2.75) is 13.8 Å². The number of hydrogen-bond acceptors (Lipinski definition) is 4. The van der Waals surface area contributed by atoms with E-state index in [2.05, 4.69) is 20.8 Å². The highest BCUT2D eigenvalue weighted by Crippen LogP contribution is 2.15. The quantitative estimate of drug-likeness (QED) is 0.373. The van der Waals surface area contributed by atoms with Crippen LogP contribution in [-0.2, 0) is 0 Å². The van der Waals surface area contributed by atoms with Crippen molar-refractivity contribution in [1.82, 2.24) is 0 Å². The fourth-order valence-corrected chi connectivity index (χ4v) is 1.78. The third kappa shape index (κ3) is 7.35. The second-order valence-corrected chi connectivity index (χ2v) is 4.70. The van der Waals surface area contributed by atoms with Crippen LogP contribution in [-0.4, -0.2) is 25.3 Å². The first-order chi connectivity index (χ1) is 12.6. The normalized spacial score (nSPS) is 9.65. The molecule has 0 fully saturated rings. The number of amides is 2. The summed E-state index contributed by atoms with van der Waals surface area (Å²) >= 11 is 0. The first-order valence-electron chi connectivity index (χ1n) is 8.01. The summed E-state index contributed by atoms with van der Waals surface area (Å²) in [6, 6.07) is 13.7. The molecule has 0 aliphatic carbocycles. The van der Waals surface area contributed by atoms with Gasteiger partial charge in [0.25, 0.3) is 0 Å². The first kappa shape index (κ1) is 20.5. The van der Waals surface area contributed by atoms with Crippen LogP contribution in [0.1, 0.15) is 19.4 Å². The lowest BCUT2D eigenvalue weighted by atomic mass is 10.2. The smallest absolute Gasteiger partial charge is 0.323 e. The highest BCUT2D eigenvalue weighted by atomic mass is 16.5. The molecule has 0 spiro atoms. The van der Waals surface area contributed by atoms with E-state index in [-0.39, 0.29) is 12.0 Å². The van der Waals surface area contributed by atoms with Crippen molar-refractivity contribution < 1.29 is 9.53 Å². The molecule has 0 saturated heterocycles. The average molecular weight is 356 g/mol. The van der Waals surface area contributed by atoms with Gasteiger partial charge in [0.2, 0.25) is 5.96 Å². The lowest BCUT2D eigenvalue weighted by Gasteiger charge is -2.08. The molecule has 0 aromatic heterocycles. The number of methoxy groups -OCH3 is 1. The Morgan fingerprint density at radius 2 is 1.46 bits per heavy atom. The van der Waals surface area contributed by atoms with Gasteiger partial charge in [-0.05, 0) is 42.0 Å². The molecule has 0 bridgehead atoms. The minimum atomic E-state index is -0.345. The van der Waals surface area contributed by atoms with Crippen molar-refractivity contribution in [3.8, 4) is 5.75 Å². The Balaban J connectivity index is 0.00000163. The number of rotatable bonds is 5. The summed E-state index contributed by atoms with van der Waals surface area (Å²) in [5, 5.41) is 12.7. The zero-order valence-corrected chi connectivity index (χ0v) is 15.1. The second kappa shape index (κ2) is 11.1. The zero-order valence-electron chi connectivity index (χ0n) is 15.1. The monoisotopic (exact) mass is 356 g/mol. The molecule has 26 heavy (non-hydrogen) atoms. The molecule has 8 heteroatoms. The predicted octanol–water partition coefficient (Wildman–Crippen LogP) is 2.97. The van der Waals surface area contributed by atoms with Crippen molar-refractivity contribution in [3.05, 3.63) is 54.1 Å². The van der Waals surface area contributed by atoms with Gasteiger partial charge in [-0.3, -0.25) is 0 Å². The van der Waals surface area contributed by atoms with E-state index in [9.17, 15) is 4.79 Å². The molecule has 138 valence electrons. The maximum Gasteiger partial charge on any atom is 0.323 e. The lowest BCUT2D eigenvalue weighted by molar-refractivity contribution is 0.262. The molecule has 2 aromatic carbocycles. The molecule has 2 rings (SSSR count). The summed E-state index contributed by atoms with van der Waals surface area (Å²) in [5.74, 6) is 0.610. The Kier molecular flexibility index (Phi) is 8.74. The number of urea groups is 1. The molecule has 0 saturated carbocycles. The Bertz CT molecular complexity index is 735. The predicted molar refractivity (Wildman–Crippen MR) is 107 cm³/mol. The van der Waals surface area contributed by atoms with Crippen LogP contribution in [0.5, 0.6) is 5.75 Å². The molecular weight excluding hydrogens is 332 g/mol. The summed E-state index contributed by atoms with van der Waals surface area (Å²) in [4.78, 5) is 11.9. The van der Waals surface area contributed by atoms with Gasteiger partial charge in [0.05, 0.1) is 13.3 Å². The molecule has 8 nitrogen and oxygen atoms in total. The number of hydrogen-bond donors (Lipinski definition) is 4. The van der Waals surface area contributed by atoms with Crippen molar-refractivity contribution in [1.29, 1.82) is 0 Å². The van der Waals surface area contributed by atoms with Crippen molar-refractivity contribution in [2.24, 2.45) is 21.7 Å². The molecular formula is C18H24N6O2. The summed E-state index contributed by atoms with van der Waals surface area (Å²) < 4.78 is 5.06. The molecule has 0 aliphatic heterocycles. The van der Waals surface area contributed by atoms with Gasteiger partial charge in [-0.2, -0.15) is 5.10 Å². The zero-order chi connectivity index (χ0) is 19.4. The number of nitrogens with zero attached hydrogens (tertiary/aromatic N) is 2. The lowest BCUT2D eigenvalue weighted by Crippen LogP contribution is -2.21. The van der Waals surface area contributed by atoms with Gasteiger partial charge >= 0.3 is 6.03 Å². The number of carbonyl (C=O) groups excluding carboxylic acids is 1. The van der Waals surface area contributed by atoms with Crippen molar-refractivity contribution >= 4 is 29.6 Å². The molecule has 6 N–H and O–H groups in total. The minimum Gasteiger partial charge on any atom is -0.497 e. The average Bonchev–Trinajstić information content (AvgIpc) is 2.65. The Morgan fingerprint density at radius 1 is 0.962 bits per heavy atom. The SMILES string of the molecule is CC.COc1ccc(NC(=O)Nc2ccc(/C=N/N=C(N)N)cc2)cc1. The van der Waals surface area contributed by atoms with E-state index in [1.165, 1.54) is 6.21 Å². The summed E-state index contributed by atoms with van der Waals surface area (Å²) in [6.07, 6.45) is 1.50. The van der Waals surface area contributed by atoms with E-state index in [1.807, 2.05) is 13.8 Å². The van der Waals surface area contributed by atoms with Crippen molar-refractivity contribution in [2.75, 3.05) is 17.7 Å². The summed E-state index contributed by atoms with van der Waals surface area (Å²) in [6.45, 7) is 4.00. The van der Waals surface area contributed by atoms with E-state index < -0.39 is 0 Å². The molecule has 0 heterocycles. The third-order valence-electron chi connectivity index (χ3n) is 2.90. The van der Waals surface area contributed by atoms with Crippen LogP contribution >= 0.6 is 0 Å². The second-order valence-electron chi connectivity index (χ2n) is 4.70. The topological polar surface area (TPSA) is 127 Å². The number of anilines is 2. The number of ether oxygens (including phenoxy) is 1. The highest BCUT2D eigenvalue weighted by Gasteiger charge is 2.03. The van der Waals surface area contributed by atoms with Crippen LogP contribution < -0.4 is 26.8 Å². The van der Waals surface area contributed by atoms with Gasteiger partial charge in [0.1, 0.15) is 5.75 Å². The van der Waals surface area contributed by atoms with Crippen molar-refractivity contribution in [3.63, 3.8) is 0 Å². The fourth-order valence-electron chi connectivity index (χ4n) is 1.78. The number of nitrogens with two attached hydrogens (primary N) is 2. The van der Waals surface area contributed by atoms with Gasteiger partial charge in [-0.15, -0.1) is 5.10 Å². The van der Waals surface area contributed by atoms with Crippen LogP contribution in [0.15, 0.2) is 58.7 Å². The Labute approximate surface area is 152 Å². The van der Waals surface area contributed by atoms with Crippen LogP contribution in [0.3, 0.4) is 0 Å². The van der Waals surface area contributed by atoms with E-state index in [4.69, 9.17) is 16.2 Å². The highest BCUT2D eigenvalue weighted by molar-refractivity contribution is 6.00. The molecule has 0 aliphatic rings. The fraction of sp³-hybridized carbons (Fsp3) is 0.167. The van der Waals surface area contributed by atoms with Gasteiger partial charge in [0, 0.05) is 11.4 Å². The summed E-state index contributed by atoms with van der Waals surface area (Å²) in [7, 11) is 1.58. The maximum absolute atomic E-state index is 11.9. The van der Waals surface area contributed by atoms with E-state index >= 15 is 0 Å². The third-order valence-corrected chi connectivity index (χ3v) is 2.90. The summed E-state index contributed by atoms with van der Waals surface area (Å²) in [5.41, 5.74) is 12.4. The van der Waals surface area contributed by atoms with Crippen LogP contribution in [0.2, 0.25) is 0 Å². The molecule has 0 unspecified atom stereocenters. The van der Waals surface area contributed by atoms with E-state index in [0.29, 0.717) is 11.4 Å². The Hall–Kier alpha value is -3.55. The number of guanidine groups is 1. The molecule has 2 amide bonds. The van der Waals surface area contributed by atoms with Gasteiger partial charge in [-0.1, -0.05) is 26.0 Å². The Morgan fingerprint density at radius 3 is 1.92 bits per heavy atom. The maximum atomic E-state index is 11.9. The standard InChI is InChI=1S/C16H18N6O2.C2H6/c1-24-14-8-6-13(7-9-14)21-16(23)20-12-4-2-11(3-5-12)10-19-22-15(17)18;1-2/h2-10H,1H3,(H4,17,18,22)(H2,20,21,23);1-2H3/b19-10+;. The van der Waals surface area contributed by atoms with Crippen LogP contribution in [0, 0.1) is 0 Å². The first-order valence-corrected chi connectivity index (χ1v) is 8.01. The van der Waals surface area contributed by atoms with Gasteiger partial charge in [-0.25, -0.2) is 4.79 Å². The van der Waals surface area contributed by atoms with Gasteiger partial charge < -0.3 is 26.8 Å². The number of carbonyl (C=O) groups is 1. The number of nitrogens with one attached hydrogen (secondary N) is 2. The molecule has 0 atom stereocenters. The largest absolute Gasteiger partial charge is 0.497 e. The number of benzene rings is 2.